The van der Waals surface area contributed by atoms with Gasteiger partial charge in [0, 0.05) is 18.7 Å². The molecule has 25 heavy (non-hydrogen) atoms. The molecule has 1 aliphatic rings. The van der Waals surface area contributed by atoms with Crippen LogP contribution in [-0.4, -0.2) is 44.1 Å². The molecule has 1 fully saturated rings. The largest absolute Gasteiger partial charge is 0.340 e. The van der Waals surface area contributed by atoms with Crippen LogP contribution in [0.5, 0.6) is 0 Å². The number of tetrazole rings is 1. The van der Waals surface area contributed by atoms with Crippen LogP contribution in [0.2, 0.25) is 0 Å². The number of rotatable bonds is 4. The molecule has 2 heterocycles. The molecule has 2 aromatic rings. The number of hydrogen-bond acceptors (Lipinski definition) is 4. The molecule has 0 spiro atoms. The predicted octanol–water partition coefficient (Wildman–Crippen LogP) is 2.97. The van der Waals surface area contributed by atoms with E-state index < -0.39 is 0 Å². The van der Waals surface area contributed by atoms with Crippen LogP contribution in [0.1, 0.15) is 45.6 Å². The van der Waals surface area contributed by atoms with E-state index in [-0.39, 0.29) is 12.5 Å². The maximum Gasteiger partial charge on any atom is 0.246 e. The SMILES string of the molecule is CC(C)c1ccc(-c2nnn(CC(=O)N3C[C@@H](C)C[C@H](C)C3)n2)cc1. The van der Waals surface area contributed by atoms with E-state index in [1.807, 2.05) is 17.0 Å². The number of aromatic nitrogens is 4. The Hall–Kier alpha value is -2.24. The van der Waals surface area contributed by atoms with Crippen molar-refractivity contribution in [3.05, 3.63) is 29.8 Å². The summed E-state index contributed by atoms with van der Waals surface area (Å²) < 4.78 is 0. The van der Waals surface area contributed by atoms with Gasteiger partial charge in [0.2, 0.25) is 11.7 Å². The van der Waals surface area contributed by atoms with Crippen LogP contribution >= 0.6 is 0 Å². The first kappa shape index (κ1) is 17.6. The average molecular weight is 341 g/mol. The zero-order valence-electron chi connectivity index (χ0n) is 15.5. The zero-order chi connectivity index (χ0) is 18.0. The summed E-state index contributed by atoms with van der Waals surface area (Å²) in [4.78, 5) is 15.9. The number of carbonyl (C=O) groups is 1. The van der Waals surface area contributed by atoms with Crippen LogP contribution in [-0.2, 0) is 11.3 Å². The normalized spacial score (nSPS) is 20.9. The van der Waals surface area contributed by atoms with Crippen LogP contribution in [0.25, 0.3) is 11.4 Å². The summed E-state index contributed by atoms with van der Waals surface area (Å²) in [5.41, 5.74) is 2.20. The first-order chi connectivity index (χ1) is 11.9. The molecular formula is C19H27N5O. The van der Waals surface area contributed by atoms with Gasteiger partial charge in [0.25, 0.3) is 0 Å². The number of likely N-dealkylation sites (tertiary alicyclic amines) is 1. The smallest absolute Gasteiger partial charge is 0.246 e. The summed E-state index contributed by atoms with van der Waals surface area (Å²) in [6, 6.07) is 8.18. The highest BCUT2D eigenvalue weighted by atomic mass is 16.2. The van der Waals surface area contributed by atoms with Gasteiger partial charge in [-0.1, -0.05) is 52.0 Å². The summed E-state index contributed by atoms with van der Waals surface area (Å²) in [5.74, 6) is 2.21. The van der Waals surface area contributed by atoms with Gasteiger partial charge in [-0.15, -0.1) is 10.2 Å². The van der Waals surface area contributed by atoms with Crippen molar-refractivity contribution in [3.8, 4) is 11.4 Å². The molecule has 0 unspecified atom stereocenters. The Bertz CT molecular complexity index is 712. The van der Waals surface area contributed by atoms with E-state index in [2.05, 4.69) is 55.2 Å². The van der Waals surface area contributed by atoms with Gasteiger partial charge in [-0.05, 0) is 35.0 Å². The van der Waals surface area contributed by atoms with Gasteiger partial charge < -0.3 is 4.90 Å². The Kier molecular flexibility index (Phi) is 5.16. The average Bonchev–Trinajstić information content (AvgIpc) is 3.02. The van der Waals surface area contributed by atoms with Crippen molar-refractivity contribution in [1.29, 1.82) is 0 Å². The predicted molar refractivity (Wildman–Crippen MR) is 96.9 cm³/mol. The van der Waals surface area contributed by atoms with E-state index >= 15 is 0 Å². The van der Waals surface area contributed by atoms with Gasteiger partial charge in [-0.25, -0.2) is 0 Å². The van der Waals surface area contributed by atoms with E-state index in [0.29, 0.717) is 23.6 Å². The van der Waals surface area contributed by atoms with E-state index in [0.717, 1.165) is 18.7 Å². The van der Waals surface area contributed by atoms with Crippen molar-refractivity contribution in [2.45, 2.75) is 46.6 Å². The highest BCUT2D eigenvalue weighted by molar-refractivity contribution is 5.76. The lowest BCUT2D eigenvalue weighted by Crippen LogP contribution is -2.44. The topological polar surface area (TPSA) is 63.9 Å². The number of hydrogen-bond donors (Lipinski definition) is 0. The summed E-state index contributed by atoms with van der Waals surface area (Å²) >= 11 is 0. The van der Waals surface area contributed by atoms with E-state index in [1.165, 1.54) is 16.8 Å². The van der Waals surface area contributed by atoms with Crippen molar-refractivity contribution >= 4 is 5.91 Å². The highest BCUT2D eigenvalue weighted by Gasteiger charge is 2.25. The van der Waals surface area contributed by atoms with Gasteiger partial charge in [-0.3, -0.25) is 4.79 Å². The minimum Gasteiger partial charge on any atom is -0.340 e. The van der Waals surface area contributed by atoms with Crippen LogP contribution in [0.3, 0.4) is 0 Å². The molecule has 1 aromatic heterocycles. The van der Waals surface area contributed by atoms with Gasteiger partial charge in [0.1, 0.15) is 6.54 Å². The van der Waals surface area contributed by atoms with Crippen molar-refractivity contribution in [2.24, 2.45) is 11.8 Å². The molecule has 0 radical (unpaired) electrons. The molecule has 2 atom stereocenters. The fraction of sp³-hybridized carbons (Fsp3) is 0.579. The second kappa shape index (κ2) is 7.33. The lowest BCUT2D eigenvalue weighted by molar-refractivity contribution is -0.135. The van der Waals surface area contributed by atoms with E-state index in [4.69, 9.17) is 0 Å². The molecule has 1 amide bonds. The zero-order valence-corrected chi connectivity index (χ0v) is 15.5. The number of benzene rings is 1. The third-order valence-electron chi connectivity index (χ3n) is 4.79. The van der Waals surface area contributed by atoms with Crippen molar-refractivity contribution in [2.75, 3.05) is 13.1 Å². The van der Waals surface area contributed by atoms with Crippen LogP contribution in [0.4, 0.5) is 0 Å². The number of nitrogens with zero attached hydrogens (tertiary/aromatic N) is 5. The number of carbonyl (C=O) groups excluding carboxylic acids is 1. The van der Waals surface area contributed by atoms with Crippen molar-refractivity contribution in [3.63, 3.8) is 0 Å². The molecular weight excluding hydrogens is 314 g/mol. The maximum absolute atomic E-state index is 12.5. The first-order valence-corrected chi connectivity index (χ1v) is 9.08. The Morgan fingerprint density at radius 1 is 1.16 bits per heavy atom. The highest BCUT2D eigenvalue weighted by Crippen LogP contribution is 2.21. The van der Waals surface area contributed by atoms with Crippen LogP contribution < -0.4 is 0 Å². The molecule has 0 bridgehead atoms. The van der Waals surface area contributed by atoms with Crippen molar-refractivity contribution < 1.29 is 4.79 Å². The maximum atomic E-state index is 12.5. The second-order valence-corrected chi connectivity index (χ2v) is 7.66. The fourth-order valence-corrected chi connectivity index (χ4v) is 3.53. The molecule has 1 saturated heterocycles. The van der Waals surface area contributed by atoms with Crippen LogP contribution in [0, 0.1) is 11.8 Å². The Morgan fingerprint density at radius 2 is 1.80 bits per heavy atom. The van der Waals surface area contributed by atoms with Gasteiger partial charge in [0.15, 0.2) is 0 Å². The van der Waals surface area contributed by atoms with Gasteiger partial charge in [0.05, 0.1) is 0 Å². The molecule has 6 heteroatoms. The van der Waals surface area contributed by atoms with Crippen LogP contribution in [0.15, 0.2) is 24.3 Å². The fourth-order valence-electron chi connectivity index (χ4n) is 3.53. The monoisotopic (exact) mass is 341 g/mol. The summed E-state index contributed by atoms with van der Waals surface area (Å²) in [6.45, 7) is 10.5. The van der Waals surface area contributed by atoms with E-state index in [1.54, 1.807) is 0 Å². The molecule has 1 aliphatic heterocycles. The second-order valence-electron chi connectivity index (χ2n) is 7.66. The molecule has 0 aliphatic carbocycles. The lowest BCUT2D eigenvalue weighted by Gasteiger charge is -2.34. The number of piperidine rings is 1. The quantitative estimate of drug-likeness (QED) is 0.857. The third kappa shape index (κ3) is 4.24. The summed E-state index contributed by atoms with van der Waals surface area (Å²) in [5, 5.41) is 12.5. The number of amides is 1. The summed E-state index contributed by atoms with van der Waals surface area (Å²) in [6.07, 6.45) is 1.18. The van der Waals surface area contributed by atoms with Crippen molar-refractivity contribution in [1.82, 2.24) is 25.1 Å². The van der Waals surface area contributed by atoms with Gasteiger partial charge in [-0.2, -0.15) is 4.80 Å². The third-order valence-corrected chi connectivity index (χ3v) is 4.79. The first-order valence-electron chi connectivity index (χ1n) is 9.08. The minimum absolute atomic E-state index is 0.0671. The molecule has 0 saturated carbocycles. The summed E-state index contributed by atoms with van der Waals surface area (Å²) in [7, 11) is 0. The Labute approximate surface area is 149 Å². The molecule has 6 nitrogen and oxygen atoms in total. The molecule has 0 N–H and O–H groups in total. The molecule has 134 valence electrons. The van der Waals surface area contributed by atoms with E-state index in [9.17, 15) is 4.79 Å². The minimum atomic E-state index is 0.0671. The Balaban J connectivity index is 1.66. The molecule has 3 rings (SSSR count). The lowest BCUT2D eigenvalue weighted by atomic mass is 9.92. The molecule has 1 aromatic carbocycles. The Morgan fingerprint density at radius 3 is 2.40 bits per heavy atom. The standard InChI is InChI=1S/C19H27N5O/c1-13(2)16-5-7-17(8-6-16)19-20-22-24(21-19)12-18(25)23-10-14(3)9-15(4)11-23/h5-8,13-15H,9-12H2,1-4H3/t14-,15-/m0/s1. The van der Waals surface area contributed by atoms with Gasteiger partial charge >= 0.3 is 0 Å².